The number of carboxylic acid groups (broad SMARTS) is 1. The maximum Gasteiger partial charge on any atom is 0.307 e. The summed E-state index contributed by atoms with van der Waals surface area (Å²) in [7, 11) is 1.64. The molecule has 0 aliphatic heterocycles. The van der Waals surface area contributed by atoms with Gasteiger partial charge in [0.05, 0.1) is 13.0 Å². The van der Waals surface area contributed by atoms with Crippen LogP contribution in [0.3, 0.4) is 0 Å². The molecular formula is C18H26O3. The van der Waals surface area contributed by atoms with Crippen LogP contribution in [0.1, 0.15) is 38.7 Å². The molecule has 3 heteroatoms. The van der Waals surface area contributed by atoms with Gasteiger partial charge >= 0.3 is 5.97 Å². The molecule has 0 amide bonds. The Hall–Kier alpha value is -1.51. The minimum absolute atomic E-state index is 0.270. The lowest BCUT2D eigenvalue weighted by Crippen LogP contribution is -2.32. The van der Waals surface area contributed by atoms with E-state index in [1.54, 1.807) is 7.11 Å². The summed E-state index contributed by atoms with van der Waals surface area (Å²) in [6.07, 6.45) is 3.83. The number of ether oxygens (including phenoxy) is 1. The highest BCUT2D eigenvalue weighted by Gasteiger charge is 2.34. The van der Waals surface area contributed by atoms with Crippen LogP contribution >= 0.6 is 0 Å². The summed E-state index contributed by atoms with van der Waals surface area (Å²) in [6, 6.07) is 7.75. The monoisotopic (exact) mass is 290 g/mol. The molecule has 0 saturated heterocycles. The Bertz CT molecular complexity index is 473. The molecule has 1 saturated carbocycles. The third-order valence-electron chi connectivity index (χ3n) is 4.73. The average molecular weight is 290 g/mol. The van der Waals surface area contributed by atoms with Crippen LogP contribution in [0.15, 0.2) is 24.3 Å². The van der Waals surface area contributed by atoms with Crippen LogP contribution in [-0.2, 0) is 11.2 Å². The van der Waals surface area contributed by atoms with E-state index in [0.29, 0.717) is 18.3 Å². The molecule has 1 N–H and O–H groups in total. The van der Waals surface area contributed by atoms with Gasteiger partial charge in [-0.25, -0.2) is 0 Å². The molecule has 1 aromatic carbocycles. The molecule has 0 radical (unpaired) electrons. The van der Waals surface area contributed by atoms with Crippen molar-refractivity contribution in [3.05, 3.63) is 29.8 Å². The van der Waals surface area contributed by atoms with Crippen molar-refractivity contribution in [2.45, 2.75) is 39.5 Å². The zero-order valence-electron chi connectivity index (χ0n) is 13.2. The van der Waals surface area contributed by atoms with Crippen LogP contribution in [0.5, 0.6) is 5.75 Å². The molecule has 0 spiro atoms. The van der Waals surface area contributed by atoms with Gasteiger partial charge in [0.25, 0.3) is 0 Å². The molecule has 21 heavy (non-hydrogen) atoms. The Morgan fingerprint density at radius 1 is 1.24 bits per heavy atom. The van der Waals surface area contributed by atoms with Gasteiger partial charge in [0.2, 0.25) is 0 Å². The maximum absolute atomic E-state index is 11.8. The SMILES string of the molecule is COc1ccccc1CC(C(=O)O)C1CC(C)CC(C)C1. The predicted molar refractivity (Wildman–Crippen MR) is 83.5 cm³/mol. The number of benzene rings is 1. The van der Waals surface area contributed by atoms with Gasteiger partial charge in [-0.1, -0.05) is 32.0 Å². The molecule has 3 atom stereocenters. The topological polar surface area (TPSA) is 46.5 Å². The van der Waals surface area contributed by atoms with Crippen molar-refractivity contribution >= 4 is 5.97 Å². The first kappa shape index (κ1) is 15.9. The number of carbonyl (C=O) groups is 1. The quantitative estimate of drug-likeness (QED) is 0.891. The van der Waals surface area contributed by atoms with Crippen molar-refractivity contribution in [3.8, 4) is 5.75 Å². The van der Waals surface area contributed by atoms with Crippen molar-refractivity contribution in [2.75, 3.05) is 7.11 Å². The van der Waals surface area contributed by atoms with E-state index in [-0.39, 0.29) is 11.8 Å². The number of para-hydroxylation sites is 1. The maximum atomic E-state index is 11.8. The number of hydrogen-bond acceptors (Lipinski definition) is 2. The smallest absolute Gasteiger partial charge is 0.307 e. The third-order valence-corrected chi connectivity index (χ3v) is 4.73. The second kappa shape index (κ2) is 6.97. The van der Waals surface area contributed by atoms with Crippen LogP contribution in [0.2, 0.25) is 0 Å². The summed E-state index contributed by atoms with van der Waals surface area (Å²) in [5.41, 5.74) is 0.998. The highest BCUT2D eigenvalue weighted by Crippen LogP contribution is 2.39. The fourth-order valence-electron chi connectivity index (χ4n) is 3.90. The highest BCUT2D eigenvalue weighted by atomic mass is 16.5. The molecule has 0 bridgehead atoms. The zero-order valence-corrected chi connectivity index (χ0v) is 13.2. The molecule has 1 aliphatic rings. The van der Waals surface area contributed by atoms with Gasteiger partial charge in [0.1, 0.15) is 5.75 Å². The molecule has 1 aromatic rings. The Kier molecular flexibility index (Phi) is 5.27. The van der Waals surface area contributed by atoms with Crippen LogP contribution in [0.4, 0.5) is 0 Å². The standard InChI is InChI=1S/C18H26O3/c1-12-8-13(2)10-15(9-12)16(18(19)20)11-14-6-4-5-7-17(14)21-3/h4-7,12-13,15-16H,8-11H2,1-3H3,(H,19,20). The number of aliphatic carboxylic acids is 1. The summed E-state index contributed by atoms with van der Waals surface area (Å²) in [4.78, 5) is 11.8. The second-order valence-electron chi connectivity index (χ2n) is 6.64. The normalized spacial score (nSPS) is 27.1. The van der Waals surface area contributed by atoms with E-state index in [9.17, 15) is 9.90 Å². The molecular weight excluding hydrogens is 264 g/mol. The van der Waals surface area contributed by atoms with Gasteiger partial charge in [-0.15, -0.1) is 0 Å². The molecule has 0 heterocycles. The van der Waals surface area contributed by atoms with E-state index in [0.717, 1.165) is 24.2 Å². The van der Waals surface area contributed by atoms with E-state index < -0.39 is 5.97 Å². The Morgan fingerprint density at radius 3 is 2.43 bits per heavy atom. The fourth-order valence-corrected chi connectivity index (χ4v) is 3.90. The van der Waals surface area contributed by atoms with Crippen LogP contribution in [-0.4, -0.2) is 18.2 Å². The number of methoxy groups -OCH3 is 1. The highest BCUT2D eigenvalue weighted by molar-refractivity contribution is 5.71. The lowest BCUT2D eigenvalue weighted by molar-refractivity contribution is -0.144. The minimum Gasteiger partial charge on any atom is -0.496 e. The van der Waals surface area contributed by atoms with Crippen molar-refractivity contribution in [1.29, 1.82) is 0 Å². The minimum atomic E-state index is -0.674. The predicted octanol–water partition coefficient (Wildman–Crippen LogP) is 4.01. The number of carboxylic acids is 1. The van der Waals surface area contributed by atoms with Gasteiger partial charge in [-0.05, 0) is 55.1 Å². The third kappa shape index (κ3) is 3.99. The largest absolute Gasteiger partial charge is 0.496 e. The van der Waals surface area contributed by atoms with Crippen molar-refractivity contribution in [3.63, 3.8) is 0 Å². The Labute approximate surface area is 127 Å². The molecule has 3 nitrogen and oxygen atoms in total. The molecule has 2 rings (SSSR count). The number of rotatable bonds is 5. The molecule has 1 aliphatic carbocycles. The van der Waals surface area contributed by atoms with Crippen molar-refractivity contribution in [2.24, 2.45) is 23.7 Å². The first-order chi connectivity index (χ1) is 10.0. The van der Waals surface area contributed by atoms with Gasteiger partial charge in [-0.2, -0.15) is 0 Å². The first-order valence-electron chi connectivity index (χ1n) is 7.86. The van der Waals surface area contributed by atoms with Crippen LogP contribution < -0.4 is 4.74 Å². The van der Waals surface area contributed by atoms with E-state index in [1.165, 1.54) is 6.42 Å². The zero-order chi connectivity index (χ0) is 15.4. The van der Waals surface area contributed by atoms with E-state index in [4.69, 9.17) is 4.74 Å². The van der Waals surface area contributed by atoms with Gasteiger partial charge < -0.3 is 9.84 Å². The first-order valence-corrected chi connectivity index (χ1v) is 7.86. The van der Waals surface area contributed by atoms with E-state index in [2.05, 4.69) is 13.8 Å². The molecule has 0 aromatic heterocycles. The van der Waals surface area contributed by atoms with Crippen molar-refractivity contribution in [1.82, 2.24) is 0 Å². The molecule has 1 fully saturated rings. The van der Waals surface area contributed by atoms with E-state index in [1.807, 2.05) is 24.3 Å². The number of hydrogen-bond donors (Lipinski definition) is 1. The molecule has 3 unspecified atom stereocenters. The summed E-state index contributed by atoms with van der Waals surface area (Å²) in [5.74, 6) is 1.32. The van der Waals surface area contributed by atoms with E-state index >= 15 is 0 Å². The summed E-state index contributed by atoms with van der Waals surface area (Å²) < 4.78 is 5.36. The van der Waals surface area contributed by atoms with Crippen LogP contribution in [0, 0.1) is 23.7 Å². The van der Waals surface area contributed by atoms with Crippen LogP contribution in [0.25, 0.3) is 0 Å². The van der Waals surface area contributed by atoms with Gasteiger partial charge in [-0.3, -0.25) is 4.79 Å². The summed E-state index contributed by atoms with van der Waals surface area (Å²) in [5, 5.41) is 9.68. The average Bonchev–Trinajstić information content (AvgIpc) is 2.43. The Balaban J connectivity index is 2.17. The van der Waals surface area contributed by atoms with Gasteiger partial charge in [0.15, 0.2) is 0 Å². The Morgan fingerprint density at radius 2 is 1.86 bits per heavy atom. The van der Waals surface area contributed by atoms with Gasteiger partial charge in [0, 0.05) is 0 Å². The molecule has 116 valence electrons. The fraction of sp³-hybridized carbons (Fsp3) is 0.611. The summed E-state index contributed by atoms with van der Waals surface area (Å²) >= 11 is 0. The summed E-state index contributed by atoms with van der Waals surface area (Å²) in [6.45, 7) is 4.48. The van der Waals surface area contributed by atoms with Crippen molar-refractivity contribution < 1.29 is 14.6 Å². The second-order valence-corrected chi connectivity index (χ2v) is 6.64. The lowest BCUT2D eigenvalue weighted by Gasteiger charge is -2.35. The lowest BCUT2D eigenvalue weighted by atomic mass is 9.70.